The van der Waals surface area contributed by atoms with E-state index in [0.29, 0.717) is 11.8 Å². The third-order valence-corrected chi connectivity index (χ3v) is 5.30. The van der Waals surface area contributed by atoms with E-state index in [-0.39, 0.29) is 25.4 Å². The zero-order valence-corrected chi connectivity index (χ0v) is 13.5. The maximum atomic E-state index is 13.4. The number of sulfone groups is 1. The van der Waals surface area contributed by atoms with Gasteiger partial charge in [0.15, 0.2) is 0 Å². The van der Waals surface area contributed by atoms with Gasteiger partial charge in [-0.25, -0.2) is 12.8 Å². The molecule has 0 aliphatic carbocycles. The smallest absolute Gasteiger partial charge is 0.467 e. The Bertz CT molecular complexity index is 849. The molecule has 1 aliphatic rings. The largest absolute Gasteiger partial charge is 0.501 e. The van der Waals surface area contributed by atoms with Crippen molar-refractivity contribution >= 4 is 15.5 Å². The van der Waals surface area contributed by atoms with Crippen LogP contribution in [0.25, 0.3) is 0 Å². The van der Waals surface area contributed by atoms with Gasteiger partial charge in [0, 0.05) is 6.54 Å². The van der Waals surface area contributed by atoms with E-state index in [1.807, 2.05) is 0 Å². The second-order valence-electron chi connectivity index (χ2n) is 5.38. The Balaban J connectivity index is 2.00. The maximum absolute atomic E-state index is 13.4. The molecule has 0 spiro atoms. The van der Waals surface area contributed by atoms with Gasteiger partial charge in [0.2, 0.25) is 0 Å². The molecule has 136 valence electrons. The summed E-state index contributed by atoms with van der Waals surface area (Å²) >= 11 is 0. The highest BCUT2D eigenvalue weighted by Crippen LogP contribution is 2.37. The Hall–Kier alpha value is -2.07. The van der Waals surface area contributed by atoms with Crippen molar-refractivity contribution in [3.63, 3.8) is 0 Å². The molecule has 1 aromatic heterocycles. The van der Waals surface area contributed by atoms with Crippen molar-refractivity contribution in [2.45, 2.75) is 16.5 Å². The van der Waals surface area contributed by atoms with E-state index in [1.165, 1.54) is 11.2 Å². The monoisotopic (exact) mass is 379 g/mol. The topological polar surface area (TPSA) is 59.8 Å². The Morgan fingerprint density at radius 2 is 1.96 bits per heavy atom. The van der Waals surface area contributed by atoms with Crippen LogP contribution in [0.3, 0.4) is 0 Å². The molecular weight excluding hydrogens is 366 g/mol. The summed E-state index contributed by atoms with van der Waals surface area (Å²) in [7, 11) is -5.70. The number of morpholine rings is 1. The molecule has 1 atom stereocenters. The molecule has 1 aliphatic heterocycles. The molecule has 0 amide bonds. The fourth-order valence-electron chi connectivity index (χ4n) is 2.60. The summed E-state index contributed by atoms with van der Waals surface area (Å²) in [5, 5.41) is 0. The Kier molecular flexibility index (Phi) is 4.50. The van der Waals surface area contributed by atoms with Crippen molar-refractivity contribution in [3.8, 4) is 0 Å². The summed E-state index contributed by atoms with van der Waals surface area (Å²) < 4.78 is 86.6. The van der Waals surface area contributed by atoms with Crippen molar-refractivity contribution < 1.29 is 35.1 Å². The quantitative estimate of drug-likeness (QED) is 0.766. The van der Waals surface area contributed by atoms with Gasteiger partial charge in [-0.15, -0.1) is 0 Å². The van der Waals surface area contributed by atoms with Gasteiger partial charge >= 0.3 is 5.51 Å². The number of alkyl halides is 3. The molecule has 2 heterocycles. The molecule has 1 aromatic carbocycles. The Morgan fingerprint density at radius 1 is 1.20 bits per heavy atom. The predicted molar refractivity (Wildman–Crippen MR) is 79.3 cm³/mol. The summed E-state index contributed by atoms with van der Waals surface area (Å²) in [6.45, 7) is 0.372. The standard InChI is InChI=1S/C15H13F4NO4S/c16-10-3-4-11(14(8-10)25(21,22)15(17,18)19)20-5-7-24-13(9-20)12-2-1-6-23-12/h1-4,6,8,13H,5,7,9H2. The number of anilines is 1. The van der Waals surface area contributed by atoms with Crippen molar-refractivity contribution in [2.24, 2.45) is 0 Å². The highest BCUT2D eigenvalue weighted by atomic mass is 32.2. The van der Waals surface area contributed by atoms with Gasteiger partial charge in [-0.2, -0.15) is 13.2 Å². The third kappa shape index (κ3) is 3.36. The lowest BCUT2D eigenvalue weighted by atomic mass is 10.2. The number of ether oxygens (including phenoxy) is 1. The summed E-state index contributed by atoms with van der Waals surface area (Å²) in [6.07, 6.45) is 0.852. The van der Waals surface area contributed by atoms with E-state index in [1.54, 1.807) is 12.1 Å². The zero-order valence-electron chi connectivity index (χ0n) is 12.7. The molecule has 2 aromatic rings. The zero-order chi connectivity index (χ0) is 18.2. The number of rotatable bonds is 3. The van der Waals surface area contributed by atoms with E-state index in [9.17, 15) is 26.0 Å². The second-order valence-corrected chi connectivity index (χ2v) is 7.29. The second kappa shape index (κ2) is 6.34. The summed E-state index contributed by atoms with van der Waals surface area (Å²) in [4.78, 5) is 0.300. The Labute approximate surface area is 140 Å². The predicted octanol–water partition coefficient (Wildman–Crippen LogP) is 3.29. The average molecular weight is 379 g/mol. The average Bonchev–Trinajstić information content (AvgIpc) is 3.08. The molecule has 5 nitrogen and oxygen atoms in total. The van der Waals surface area contributed by atoms with Crippen LogP contribution in [0.2, 0.25) is 0 Å². The van der Waals surface area contributed by atoms with Crippen molar-refractivity contribution in [1.29, 1.82) is 0 Å². The number of nitrogens with zero attached hydrogens (tertiary/aromatic N) is 1. The van der Waals surface area contributed by atoms with E-state index in [2.05, 4.69) is 0 Å². The van der Waals surface area contributed by atoms with Crippen LogP contribution in [0, 0.1) is 5.82 Å². The molecule has 1 saturated heterocycles. The van der Waals surface area contributed by atoms with Crippen LogP contribution in [-0.4, -0.2) is 33.6 Å². The lowest BCUT2D eigenvalue weighted by Crippen LogP contribution is -2.39. The number of hydrogen-bond acceptors (Lipinski definition) is 5. The van der Waals surface area contributed by atoms with Gasteiger partial charge < -0.3 is 14.1 Å². The molecule has 25 heavy (non-hydrogen) atoms. The number of furan rings is 1. The molecule has 0 bridgehead atoms. The van der Waals surface area contributed by atoms with Crippen LogP contribution in [0.5, 0.6) is 0 Å². The van der Waals surface area contributed by atoms with Crippen LogP contribution in [0.4, 0.5) is 23.2 Å². The fourth-order valence-corrected chi connectivity index (χ4v) is 3.59. The molecule has 0 radical (unpaired) electrons. The van der Waals surface area contributed by atoms with Gasteiger partial charge in [-0.05, 0) is 30.3 Å². The maximum Gasteiger partial charge on any atom is 0.501 e. The first-order chi connectivity index (χ1) is 11.7. The first-order valence-corrected chi connectivity index (χ1v) is 8.69. The third-order valence-electron chi connectivity index (χ3n) is 3.78. The lowest BCUT2D eigenvalue weighted by Gasteiger charge is -2.34. The normalized spacial score (nSPS) is 19.2. The van der Waals surface area contributed by atoms with Gasteiger partial charge in [0.1, 0.15) is 22.6 Å². The van der Waals surface area contributed by atoms with E-state index < -0.39 is 32.2 Å². The van der Waals surface area contributed by atoms with Crippen LogP contribution >= 0.6 is 0 Å². The van der Waals surface area contributed by atoms with Crippen LogP contribution in [0.1, 0.15) is 11.9 Å². The number of hydrogen-bond donors (Lipinski definition) is 0. The van der Waals surface area contributed by atoms with Crippen molar-refractivity contribution in [2.75, 3.05) is 24.6 Å². The van der Waals surface area contributed by atoms with Crippen molar-refractivity contribution in [1.82, 2.24) is 0 Å². The molecule has 3 rings (SSSR count). The molecule has 1 unspecified atom stereocenters. The molecular formula is C15H13F4NO4S. The van der Waals surface area contributed by atoms with E-state index in [0.717, 1.165) is 12.1 Å². The summed E-state index contributed by atoms with van der Waals surface area (Å²) in [5.41, 5.74) is -5.75. The SMILES string of the molecule is O=S(=O)(c1cc(F)ccc1N1CCOC(c2ccco2)C1)C(F)(F)F. The van der Waals surface area contributed by atoms with Crippen LogP contribution < -0.4 is 4.90 Å². The Morgan fingerprint density at radius 3 is 2.60 bits per heavy atom. The summed E-state index contributed by atoms with van der Waals surface area (Å²) in [6, 6.07) is 5.61. The van der Waals surface area contributed by atoms with Gasteiger partial charge in [-0.1, -0.05) is 0 Å². The molecule has 0 N–H and O–H groups in total. The number of benzene rings is 1. The minimum absolute atomic E-state index is 0.0690. The highest BCUT2D eigenvalue weighted by Gasteiger charge is 2.48. The molecule has 1 fully saturated rings. The van der Waals surface area contributed by atoms with Crippen LogP contribution in [0.15, 0.2) is 45.9 Å². The van der Waals surface area contributed by atoms with Gasteiger partial charge in [0.25, 0.3) is 9.84 Å². The van der Waals surface area contributed by atoms with Crippen LogP contribution in [-0.2, 0) is 14.6 Å². The first kappa shape index (κ1) is 17.7. The molecule has 10 heteroatoms. The van der Waals surface area contributed by atoms with E-state index >= 15 is 0 Å². The highest BCUT2D eigenvalue weighted by molar-refractivity contribution is 7.92. The lowest BCUT2D eigenvalue weighted by molar-refractivity contribution is -0.0436. The fraction of sp³-hybridized carbons (Fsp3) is 0.333. The van der Waals surface area contributed by atoms with E-state index in [4.69, 9.17) is 9.15 Å². The molecule has 0 saturated carbocycles. The minimum Gasteiger partial charge on any atom is -0.467 e. The van der Waals surface area contributed by atoms with Gasteiger partial charge in [-0.3, -0.25) is 0 Å². The number of halogens is 4. The van der Waals surface area contributed by atoms with Gasteiger partial charge in [0.05, 0.1) is 25.1 Å². The van der Waals surface area contributed by atoms with Crippen molar-refractivity contribution in [3.05, 3.63) is 48.2 Å². The first-order valence-electron chi connectivity index (χ1n) is 7.21. The summed E-state index contributed by atoms with van der Waals surface area (Å²) in [5.74, 6) is -0.602. The minimum atomic E-state index is -5.70.